The van der Waals surface area contributed by atoms with Crippen molar-refractivity contribution in [3.05, 3.63) is 27.7 Å². The predicted molar refractivity (Wildman–Crippen MR) is 84.6 cm³/mol. The molecule has 0 unspecified atom stereocenters. The summed E-state index contributed by atoms with van der Waals surface area (Å²) in [5, 5.41) is 5.18. The van der Waals surface area contributed by atoms with E-state index in [1.54, 1.807) is 11.8 Å². The molecule has 2 N–H and O–H groups in total. The van der Waals surface area contributed by atoms with Gasteiger partial charge in [-0.3, -0.25) is 4.79 Å². The Hall–Kier alpha value is -0.920. The molecule has 1 saturated heterocycles. The van der Waals surface area contributed by atoms with Crippen molar-refractivity contribution in [2.45, 2.75) is 44.0 Å². The maximum Gasteiger partial charge on any atom is 0.254 e. The van der Waals surface area contributed by atoms with Gasteiger partial charge in [0, 0.05) is 22.1 Å². The molecule has 0 saturated carbocycles. The fourth-order valence-corrected chi connectivity index (χ4v) is 3.85. The lowest BCUT2D eigenvalue weighted by atomic mass is 10.0. The molecule has 21 heavy (non-hydrogen) atoms. The SMILES string of the molecule is Cc1c(Br)cc(S(N)(=O)=O)cc1C(=O)N1CCCC1(C)C. The molecule has 0 atom stereocenters. The molecule has 7 heteroatoms. The molecule has 0 bridgehead atoms. The smallest absolute Gasteiger partial charge is 0.254 e. The molecule has 1 aliphatic heterocycles. The van der Waals surface area contributed by atoms with Gasteiger partial charge in [-0.2, -0.15) is 0 Å². The number of primary sulfonamides is 1. The Labute approximate surface area is 133 Å². The van der Waals surface area contributed by atoms with Gasteiger partial charge in [0.2, 0.25) is 10.0 Å². The van der Waals surface area contributed by atoms with Crippen LogP contribution >= 0.6 is 15.9 Å². The van der Waals surface area contributed by atoms with Gasteiger partial charge in [0.15, 0.2) is 0 Å². The van der Waals surface area contributed by atoms with Crippen molar-refractivity contribution in [1.29, 1.82) is 0 Å². The van der Waals surface area contributed by atoms with Crippen LogP contribution in [0.4, 0.5) is 0 Å². The number of nitrogens with two attached hydrogens (primary N) is 1. The summed E-state index contributed by atoms with van der Waals surface area (Å²) in [4.78, 5) is 14.5. The van der Waals surface area contributed by atoms with Crippen molar-refractivity contribution in [1.82, 2.24) is 4.90 Å². The number of likely N-dealkylation sites (tertiary alicyclic amines) is 1. The molecule has 1 fully saturated rings. The molecular weight excluding hydrogens is 356 g/mol. The molecule has 116 valence electrons. The van der Waals surface area contributed by atoms with E-state index in [0.29, 0.717) is 16.6 Å². The highest BCUT2D eigenvalue weighted by Crippen LogP contribution is 2.32. The monoisotopic (exact) mass is 374 g/mol. The third-order valence-electron chi connectivity index (χ3n) is 4.02. The average molecular weight is 375 g/mol. The summed E-state index contributed by atoms with van der Waals surface area (Å²) in [5.74, 6) is -0.152. The Balaban J connectivity index is 2.53. The minimum absolute atomic E-state index is 0.0553. The highest BCUT2D eigenvalue weighted by Gasteiger charge is 2.36. The first-order chi connectivity index (χ1) is 9.54. The van der Waals surface area contributed by atoms with Crippen molar-refractivity contribution in [3.63, 3.8) is 0 Å². The molecule has 1 aromatic carbocycles. The van der Waals surface area contributed by atoms with Crippen LogP contribution in [0.5, 0.6) is 0 Å². The lowest BCUT2D eigenvalue weighted by Gasteiger charge is -2.32. The first-order valence-electron chi connectivity index (χ1n) is 6.69. The predicted octanol–water partition coefficient (Wildman–Crippen LogP) is 2.42. The van der Waals surface area contributed by atoms with E-state index >= 15 is 0 Å². The molecule has 5 nitrogen and oxygen atoms in total. The van der Waals surface area contributed by atoms with Gasteiger partial charge < -0.3 is 4.90 Å². The van der Waals surface area contributed by atoms with Crippen LogP contribution in [0.1, 0.15) is 42.6 Å². The van der Waals surface area contributed by atoms with Gasteiger partial charge in [-0.25, -0.2) is 13.6 Å². The molecule has 0 aliphatic carbocycles. The lowest BCUT2D eigenvalue weighted by molar-refractivity contribution is 0.0651. The number of carbonyl (C=O) groups excluding carboxylic acids is 1. The van der Waals surface area contributed by atoms with E-state index < -0.39 is 10.0 Å². The zero-order valence-electron chi connectivity index (χ0n) is 12.3. The Kier molecular flexibility index (Phi) is 4.21. The second-order valence-corrected chi connectivity index (χ2v) is 8.41. The number of carbonyl (C=O) groups is 1. The van der Waals surface area contributed by atoms with Gasteiger partial charge in [-0.1, -0.05) is 15.9 Å². The van der Waals surface area contributed by atoms with Gasteiger partial charge in [0.1, 0.15) is 0 Å². The number of halogens is 1. The molecule has 0 spiro atoms. The van der Waals surface area contributed by atoms with Crippen LogP contribution in [0.2, 0.25) is 0 Å². The van der Waals surface area contributed by atoms with Crippen LogP contribution in [-0.4, -0.2) is 31.3 Å². The largest absolute Gasteiger partial charge is 0.334 e. The summed E-state index contributed by atoms with van der Waals surface area (Å²) in [6.45, 7) is 6.51. The molecule has 1 aliphatic rings. The van der Waals surface area contributed by atoms with Crippen LogP contribution in [0, 0.1) is 6.92 Å². The molecule has 2 rings (SSSR count). The van der Waals surface area contributed by atoms with Gasteiger partial charge >= 0.3 is 0 Å². The molecule has 0 radical (unpaired) electrons. The third-order valence-corrected chi connectivity index (χ3v) is 5.74. The Morgan fingerprint density at radius 3 is 2.48 bits per heavy atom. The van der Waals surface area contributed by atoms with Crippen LogP contribution in [-0.2, 0) is 10.0 Å². The second kappa shape index (κ2) is 5.37. The summed E-state index contributed by atoms with van der Waals surface area (Å²) in [5.41, 5.74) is 0.881. The van der Waals surface area contributed by atoms with Crippen molar-refractivity contribution in [3.8, 4) is 0 Å². The van der Waals surface area contributed by atoms with E-state index in [1.807, 2.05) is 13.8 Å². The highest BCUT2D eigenvalue weighted by molar-refractivity contribution is 9.10. The van der Waals surface area contributed by atoms with Gasteiger partial charge in [0.05, 0.1) is 4.90 Å². The van der Waals surface area contributed by atoms with Crippen molar-refractivity contribution < 1.29 is 13.2 Å². The normalized spacial score (nSPS) is 18.0. The maximum atomic E-state index is 12.8. The number of hydrogen-bond donors (Lipinski definition) is 1. The summed E-state index contributed by atoms with van der Waals surface area (Å²) >= 11 is 3.30. The second-order valence-electron chi connectivity index (χ2n) is 6.00. The minimum atomic E-state index is -3.85. The Morgan fingerprint density at radius 1 is 1.38 bits per heavy atom. The van der Waals surface area contributed by atoms with Crippen molar-refractivity contribution >= 4 is 31.9 Å². The lowest BCUT2D eigenvalue weighted by Crippen LogP contribution is -2.43. The molecule has 1 aromatic rings. The summed E-state index contributed by atoms with van der Waals surface area (Å²) < 4.78 is 23.7. The van der Waals surface area contributed by atoms with Crippen molar-refractivity contribution in [2.24, 2.45) is 5.14 Å². The first kappa shape index (κ1) is 16.5. The van der Waals surface area contributed by atoms with Gasteiger partial charge in [-0.15, -0.1) is 0 Å². The van der Waals surface area contributed by atoms with Crippen LogP contribution in [0.25, 0.3) is 0 Å². The maximum absolute atomic E-state index is 12.8. The topological polar surface area (TPSA) is 80.5 Å². The average Bonchev–Trinajstić information content (AvgIpc) is 2.70. The fraction of sp³-hybridized carbons (Fsp3) is 0.500. The quantitative estimate of drug-likeness (QED) is 0.862. The highest BCUT2D eigenvalue weighted by atomic mass is 79.9. The van der Waals surface area contributed by atoms with Crippen LogP contribution in [0.3, 0.4) is 0 Å². The minimum Gasteiger partial charge on any atom is -0.334 e. The van der Waals surface area contributed by atoms with Gasteiger partial charge in [0.25, 0.3) is 5.91 Å². The number of nitrogens with zero attached hydrogens (tertiary/aromatic N) is 1. The molecular formula is C14H19BrN2O3S. The zero-order valence-corrected chi connectivity index (χ0v) is 14.7. The van der Waals surface area contributed by atoms with Crippen LogP contribution < -0.4 is 5.14 Å². The Morgan fingerprint density at radius 2 is 2.00 bits per heavy atom. The number of benzene rings is 1. The number of rotatable bonds is 2. The third kappa shape index (κ3) is 3.14. The van der Waals surface area contributed by atoms with E-state index in [4.69, 9.17) is 5.14 Å². The summed E-state index contributed by atoms with van der Waals surface area (Å²) in [7, 11) is -3.85. The van der Waals surface area contributed by atoms with Crippen LogP contribution in [0.15, 0.2) is 21.5 Å². The zero-order chi connectivity index (χ0) is 16.0. The van der Waals surface area contributed by atoms with E-state index in [1.165, 1.54) is 12.1 Å². The van der Waals surface area contributed by atoms with Gasteiger partial charge in [-0.05, 0) is 51.3 Å². The number of sulfonamides is 1. The van der Waals surface area contributed by atoms with E-state index in [9.17, 15) is 13.2 Å². The fourth-order valence-electron chi connectivity index (χ4n) is 2.67. The Bertz CT molecular complexity index is 698. The molecule has 0 aromatic heterocycles. The van der Waals surface area contributed by atoms with E-state index in [-0.39, 0.29) is 16.3 Å². The molecule has 1 heterocycles. The summed E-state index contributed by atoms with van der Waals surface area (Å²) in [6, 6.07) is 2.79. The van der Waals surface area contributed by atoms with Crippen molar-refractivity contribution in [2.75, 3.05) is 6.54 Å². The molecule has 1 amide bonds. The summed E-state index contributed by atoms with van der Waals surface area (Å²) in [6.07, 6.45) is 1.89. The first-order valence-corrected chi connectivity index (χ1v) is 9.03. The standard InChI is InChI=1S/C14H19BrN2O3S/c1-9-11(7-10(8-12(9)15)21(16,19)20)13(18)17-6-4-5-14(17,2)3/h7-8H,4-6H2,1-3H3,(H2,16,19,20). The van der Waals surface area contributed by atoms with E-state index in [2.05, 4.69) is 15.9 Å². The number of hydrogen-bond acceptors (Lipinski definition) is 3. The number of amides is 1. The van der Waals surface area contributed by atoms with E-state index in [0.717, 1.165) is 18.4 Å².